The predicted octanol–water partition coefficient (Wildman–Crippen LogP) is 1.65. The zero-order chi connectivity index (χ0) is 8.97. The molecular formula is C6H8BrN3O2. The van der Waals surface area contributed by atoms with Crippen molar-refractivity contribution in [3.63, 3.8) is 0 Å². The number of aryl methyl sites for hydroxylation is 1. The van der Waals surface area contributed by atoms with E-state index in [0.29, 0.717) is 12.1 Å². The molecule has 1 aromatic rings. The number of H-pyrrole nitrogens is 1. The number of hydrogen-bond donors (Lipinski definition) is 1. The van der Waals surface area contributed by atoms with Gasteiger partial charge in [-0.3, -0.25) is 15.2 Å². The quantitative estimate of drug-likeness (QED) is 0.489. The second kappa shape index (κ2) is 4.20. The van der Waals surface area contributed by atoms with Gasteiger partial charge in [-0.2, -0.15) is 5.10 Å². The Kier molecular flexibility index (Phi) is 3.21. The summed E-state index contributed by atoms with van der Waals surface area (Å²) in [4.78, 5) is 9.96. The zero-order valence-electron chi connectivity index (χ0n) is 6.29. The average molecular weight is 234 g/mol. The van der Waals surface area contributed by atoms with Gasteiger partial charge in [0.2, 0.25) is 0 Å². The van der Waals surface area contributed by atoms with Crippen LogP contribution >= 0.6 is 15.9 Å². The molecule has 0 aromatic carbocycles. The van der Waals surface area contributed by atoms with Crippen molar-refractivity contribution >= 4 is 21.6 Å². The van der Waals surface area contributed by atoms with E-state index in [1.54, 1.807) is 0 Å². The number of nitrogens with one attached hydrogen (secondary N) is 1. The van der Waals surface area contributed by atoms with E-state index >= 15 is 0 Å². The van der Waals surface area contributed by atoms with E-state index in [4.69, 9.17) is 0 Å². The molecule has 66 valence electrons. The van der Waals surface area contributed by atoms with Crippen LogP contribution in [0.1, 0.15) is 12.1 Å². The van der Waals surface area contributed by atoms with Gasteiger partial charge in [0, 0.05) is 5.33 Å². The Bertz CT molecular complexity index is 274. The van der Waals surface area contributed by atoms with Gasteiger partial charge in [-0.15, -0.1) is 0 Å². The molecule has 0 unspecified atom stereocenters. The molecule has 0 saturated heterocycles. The number of nitro groups is 1. The fourth-order valence-electron chi connectivity index (χ4n) is 0.891. The summed E-state index contributed by atoms with van der Waals surface area (Å²) >= 11 is 3.25. The van der Waals surface area contributed by atoms with E-state index in [-0.39, 0.29) is 5.69 Å². The van der Waals surface area contributed by atoms with Crippen LogP contribution in [0.25, 0.3) is 0 Å². The summed E-state index contributed by atoms with van der Waals surface area (Å²) in [5.74, 6) is 0. The smallest absolute Gasteiger partial charge is 0.275 e. The van der Waals surface area contributed by atoms with Gasteiger partial charge in [0.1, 0.15) is 11.9 Å². The van der Waals surface area contributed by atoms with Crippen molar-refractivity contribution in [3.8, 4) is 0 Å². The predicted molar refractivity (Wildman–Crippen MR) is 47.4 cm³/mol. The highest BCUT2D eigenvalue weighted by Gasteiger charge is 2.14. The first-order chi connectivity index (χ1) is 5.75. The molecule has 0 aliphatic carbocycles. The van der Waals surface area contributed by atoms with Crippen molar-refractivity contribution in [1.82, 2.24) is 10.2 Å². The maximum absolute atomic E-state index is 10.4. The Morgan fingerprint density at radius 2 is 2.50 bits per heavy atom. The Morgan fingerprint density at radius 3 is 3.08 bits per heavy atom. The second-order valence-corrected chi connectivity index (χ2v) is 3.08. The van der Waals surface area contributed by atoms with Crippen LogP contribution in [0.15, 0.2) is 6.20 Å². The number of alkyl halides is 1. The third kappa shape index (κ3) is 2.04. The highest BCUT2D eigenvalue weighted by Crippen LogP contribution is 2.15. The summed E-state index contributed by atoms with van der Waals surface area (Å²) in [6, 6.07) is 0. The molecule has 1 aromatic heterocycles. The Balaban J connectivity index is 2.70. The summed E-state index contributed by atoms with van der Waals surface area (Å²) in [7, 11) is 0. The lowest BCUT2D eigenvalue weighted by atomic mass is 10.2. The van der Waals surface area contributed by atoms with Gasteiger partial charge in [0.05, 0.1) is 4.92 Å². The molecule has 0 atom stereocenters. The van der Waals surface area contributed by atoms with E-state index in [1.165, 1.54) is 6.20 Å². The third-order valence-corrected chi connectivity index (χ3v) is 2.01. The van der Waals surface area contributed by atoms with Crippen molar-refractivity contribution < 1.29 is 4.92 Å². The van der Waals surface area contributed by atoms with Crippen LogP contribution in [-0.4, -0.2) is 20.5 Å². The highest BCUT2D eigenvalue weighted by atomic mass is 79.9. The molecule has 1 rings (SSSR count). The molecule has 0 spiro atoms. The van der Waals surface area contributed by atoms with Crippen LogP contribution in [0.4, 0.5) is 5.69 Å². The lowest BCUT2D eigenvalue weighted by Gasteiger charge is -1.92. The molecule has 6 heteroatoms. The van der Waals surface area contributed by atoms with Gasteiger partial charge >= 0.3 is 5.69 Å². The number of rotatable bonds is 4. The first kappa shape index (κ1) is 9.18. The Labute approximate surface area is 77.4 Å². The molecule has 0 bridgehead atoms. The van der Waals surface area contributed by atoms with Gasteiger partial charge in [-0.1, -0.05) is 15.9 Å². The van der Waals surface area contributed by atoms with E-state index in [9.17, 15) is 10.1 Å². The average Bonchev–Trinajstić information content (AvgIpc) is 2.48. The maximum atomic E-state index is 10.4. The minimum absolute atomic E-state index is 0.0796. The Hall–Kier alpha value is -0.910. The molecule has 0 aliphatic rings. The van der Waals surface area contributed by atoms with Crippen molar-refractivity contribution in [1.29, 1.82) is 0 Å². The van der Waals surface area contributed by atoms with Gasteiger partial charge in [-0.05, 0) is 12.8 Å². The van der Waals surface area contributed by atoms with Crippen molar-refractivity contribution in [2.24, 2.45) is 0 Å². The first-order valence-electron chi connectivity index (χ1n) is 3.48. The zero-order valence-corrected chi connectivity index (χ0v) is 7.87. The number of halogens is 1. The Morgan fingerprint density at radius 1 is 1.75 bits per heavy atom. The SMILES string of the molecule is O=[N+]([O-])c1cn[nH]c1CCCBr. The molecule has 0 fully saturated rings. The maximum Gasteiger partial charge on any atom is 0.309 e. The molecule has 0 saturated carbocycles. The van der Waals surface area contributed by atoms with E-state index in [2.05, 4.69) is 26.1 Å². The van der Waals surface area contributed by atoms with Gasteiger partial charge in [0.25, 0.3) is 0 Å². The standard InChI is InChI=1S/C6H8BrN3O2/c7-3-1-2-5-6(10(11)12)4-8-9-5/h4H,1-3H2,(H,8,9). The molecular weight excluding hydrogens is 226 g/mol. The van der Waals surface area contributed by atoms with E-state index in [1.807, 2.05) is 0 Å². The molecule has 0 amide bonds. The second-order valence-electron chi connectivity index (χ2n) is 2.28. The van der Waals surface area contributed by atoms with Crippen LogP contribution < -0.4 is 0 Å². The molecule has 12 heavy (non-hydrogen) atoms. The van der Waals surface area contributed by atoms with Crippen LogP contribution in [0.5, 0.6) is 0 Å². The van der Waals surface area contributed by atoms with Gasteiger partial charge < -0.3 is 0 Å². The van der Waals surface area contributed by atoms with E-state index < -0.39 is 4.92 Å². The summed E-state index contributed by atoms with van der Waals surface area (Å²) < 4.78 is 0. The van der Waals surface area contributed by atoms with Crippen LogP contribution in [0.3, 0.4) is 0 Å². The monoisotopic (exact) mass is 233 g/mol. The number of hydrogen-bond acceptors (Lipinski definition) is 3. The molecule has 1 N–H and O–H groups in total. The summed E-state index contributed by atoms with van der Waals surface area (Å²) in [5.41, 5.74) is 0.676. The van der Waals surface area contributed by atoms with Crippen molar-refractivity contribution in [2.45, 2.75) is 12.8 Å². The van der Waals surface area contributed by atoms with Crippen LogP contribution in [0.2, 0.25) is 0 Å². The minimum atomic E-state index is -0.424. The summed E-state index contributed by atoms with van der Waals surface area (Å²) in [6.45, 7) is 0. The lowest BCUT2D eigenvalue weighted by Crippen LogP contribution is -1.93. The van der Waals surface area contributed by atoms with Crippen molar-refractivity contribution in [2.75, 3.05) is 5.33 Å². The number of aromatic amines is 1. The lowest BCUT2D eigenvalue weighted by molar-refractivity contribution is -0.385. The highest BCUT2D eigenvalue weighted by molar-refractivity contribution is 9.09. The van der Waals surface area contributed by atoms with Crippen LogP contribution in [0, 0.1) is 10.1 Å². The number of aromatic nitrogens is 2. The van der Waals surface area contributed by atoms with E-state index in [0.717, 1.165) is 11.8 Å². The normalized spacial score (nSPS) is 10.1. The summed E-state index contributed by atoms with van der Waals surface area (Å²) in [6.07, 6.45) is 2.76. The third-order valence-electron chi connectivity index (χ3n) is 1.45. The largest absolute Gasteiger partial charge is 0.309 e. The fraction of sp³-hybridized carbons (Fsp3) is 0.500. The topological polar surface area (TPSA) is 71.8 Å². The van der Waals surface area contributed by atoms with Crippen molar-refractivity contribution in [3.05, 3.63) is 22.0 Å². The summed E-state index contributed by atoms with van der Waals surface area (Å²) in [5, 5.41) is 17.4. The molecule has 0 aliphatic heterocycles. The molecule has 0 radical (unpaired) electrons. The number of nitrogens with zero attached hydrogens (tertiary/aromatic N) is 2. The van der Waals surface area contributed by atoms with Gasteiger partial charge in [-0.25, -0.2) is 0 Å². The molecule has 1 heterocycles. The fourth-order valence-corrected chi connectivity index (χ4v) is 1.17. The van der Waals surface area contributed by atoms with Gasteiger partial charge in [0.15, 0.2) is 0 Å². The first-order valence-corrected chi connectivity index (χ1v) is 4.60. The minimum Gasteiger partial charge on any atom is -0.275 e. The molecule has 5 nitrogen and oxygen atoms in total. The van der Waals surface area contributed by atoms with Crippen LogP contribution in [-0.2, 0) is 6.42 Å².